The van der Waals surface area contributed by atoms with Gasteiger partial charge < -0.3 is 24.8 Å². The molecule has 1 fully saturated rings. The van der Waals surface area contributed by atoms with E-state index in [1.807, 2.05) is 0 Å². The highest BCUT2D eigenvalue weighted by Crippen LogP contribution is 2.17. The van der Waals surface area contributed by atoms with E-state index in [0.29, 0.717) is 0 Å². The Labute approximate surface area is 76.9 Å². The SMILES string of the molecule is CC(C)O[C@H]1OC[C@@H](O)C(O)[C@H]1O. The van der Waals surface area contributed by atoms with E-state index < -0.39 is 24.6 Å². The summed E-state index contributed by atoms with van der Waals surface area (Å²) in [4.78, 5) is 0. The third-order valence-corrected chi connectivity index (χ3v) is 1.86. The lowest BCUT2D eigenvalue weighted by Crippen LogP contribution is -2.54. The molecule has 0 aliphatic carbocycles. The standard InChI is InChI=1S/C8H16O5/c1-4(2)13-8-7(11)6(10)5(9)3-12-8/h4-11H,3H2,1-2H3/t5-,6?,7-,8-/m1/s1. The Morgan fingerprint density at radius 2 is 1.85 bits per heavy atom. The van der Waals surface area contributed by atoms with Crippen molar-refractivity contribution in [1.82, 2.24) is 0 Å². The van der Waals surface area contributed by atoms with Crippen LogP contribution in [0.1, 0.15) is 13.8 Å². The molecule has 0 aromatic rings. The van der Waals surface area contributed by atoms with Crippen molar-refractivity contribution in [2.24, 2.45) is 0 Å². The average Bonchev–Trinajstić information content (AvgIpc) is 2.06. The first-order valence-corrected chi connectivity index (χ1v) is 4.33. The van der Waals surface area contributed by atoms with Crippen LogP contribution in [-0.2, 0) is 9.47 Å². The Morgan fingerprint density at radius 1 is 1.23 bits per heavy atom. The molecule has 1 heterocycles. The maximum Gasteiger partial charge on any atom is 0.186 e. The van der Waals surface area contributed by atoms with Crippen molar-refractivity contribution in [3.63, 3.8) is 0 Å². The zero-order valence-corrected chi connectivity index (χ0v) is 7.75. The second-order valence-corrected chi connectivity index (χ2v) is 3.44. The normalized spacial score (nSPS) is 41.1. The molecule has 1 aliphatic heterocycles. The number of hydrogen-bond donors (Lipinski definition) is 3. The molecule has 0 saturated carbocycles. The van der Waals surface area contributed by atoms with Crippen LogP contribution in [0.2, 0.25) is 0 Å². The minimum absolute atomic E-state index is 0.0182. The van der Waals surface area contributed by atoms with Crippen LogP contribution >= 0.6 is 0 Å². The molecule has 0 bridgehead atoms. The molecule has 5 nitrogen and oxygen atoms in total. The van der Waals surface area contributed by atoms with Crippen LogP contribution in [0.4, 0.5) is 0 Å². The Morgan fingerprint density at radius 3 is 2.38 bits per heavy atom. The van der Waals surface area contributed by atoms with Gasteiger partial charge in [0.2, 0.25) is 0 Å². The molecular weight excluding hydrogens is 176 g/mol. The summed E-state index contributed by atoms with van der Waals surface area (Å²) < 4.78 is 10.2. The molecule has 1 saturated heterocycles. The summed E-state index contributed by atoms with van der Waals surface area (Å²) in [5.41, 5.74) is 0. The topological polar surface area (TPSA) is 79.2 Å². The van der Waals surface area contributed by atoms with Gasteiger partial charge in [-0.1, -0.05) is 0 Å². The molecule has 1 unspecified atom stereocenters. The van der Waals surface area contributed by atoms with Crippen molar-refractivity contribution < 1.29 is 24.8 Å². The number of aliphatic hydroxyl groups is 3. The molecule has 3 N–H and O–H groups in total. The third-order valence-electron chi connectivity index (χ3n) is 1.86. The second kappa shape index (κ2) is 4.34. The van der Waals surface area contributed by atoms with Crippen molar-refractivity contribution in [2.75, 3.05) is 6.61 Å². The largest absolute Gasteiger partial charge is 0.388 e. The Balaban J connectivity index is 2.48. The molecular formula is C8H16O5. The zero-order valence-electron chi connectivity index (χ0n) is 7.75. The van der Waals surface area contributed by atoms with E-state index in [9.17, 15) is 10.2 Å². The Bertz CT molecular complexity index is 161. The van der Waals surface area contributed by atoms with Gasteiger partial charge in [-0.3, -0.25) is 0 Å². The number of ether oxygens (including phenoxy) is 2. The number of hydrogen-bond acceptors (Lipinski definition) is 5. The maximum atomic E-state index is 9.40. The number of aliphatic hydroxyl groups excluding tert-OH is 3. The van der Waals surface area contributed by atoms with Crippen molar-refractivity contribution in [2.45, 2.75) is 44.6 Å². The predicted octanol–water partition coefficient (Wildman–Crippen LogP) is -1.15. The van der Waals surface area contributed by atoms with Gasteiger partial charge in [0.15, 0.2) is 6.29 Å². The quantitative estimate of drug-likeness (QED) is 0.515. The molecule has 78 valence electrons. The molecule has 5 heteroatoms. The minimum Gasteiger partial charge on any atom is -0.388 e. The van der Waals surface area contributed by atoms with Crippen molar-refractivity contribution in [3.8, 4) is 0 Å². The van der Waals surface area contributed by atoms with Crippen molar-refractivity contribution >= 4 is 0 Å². The monoisotopic (exact) mass is 192 g/mol. The van der Waals surface area contributed by atoms with Crippen LogP contribution in [0.25, 0.3) is 0 Å². The molecule has 0 spiro atoms. The summed E-state index contributed by atoms with van der Waals surface area (Å²) in [5, 5.41) is 27.8. The average molecular weight is 192 g/mol. The lowest BCUT2D eigenvalue weighted by Gasteiger charge is -2.35. The zero-order chi connectivity index (χ0) is 10.0. The molecule has 13 heavy (non-hydrogen) atoms. The summed E-state index contributed by atoms with van der Waals surface area (Å²) in [7, 11) is 0. The van der Waals surface area contributed by atoms with Gasteiger partial charge in [0, 0.05) is 0 Å². The summed E-state index contributed by atoms with van der Waals surface area (Å²) >= 11 is 0. The summed E-state index contributed by atoms with van der Waals surface area (Å²) in [6, 6.07) is 0. The van der Waals surface area contributed by atoms with Gasteiger partial charge in [-0.25, -0.2) is 0 Å². The van der Waals surface area contributed by atoms with Gasteiger partial charge in [0.25, 0.3) is 0 Å². The van der Waals surface area contributed by atoms with Crippen molar-refractivity contribution in [1.29, 1.82) is 0 Å². The maximum absolute atomic E-state index is 9.40. The summed E-state index contributed by atoms with van der Waals surface area (Å²) in [6.45, 7) is 3.58. The van der Waals surface area contributed by atoms with Crippen LogP contribution in [-0.4, -0.2) is 52.6 Å². The summed E-state index contributed by atoms with van der Waals surface area (Å²) in [5.74, 6) is 0. The van der Waals surface area contributed by atoms with E-state index in [-0.39, 0.29) is 12.7 Å². The van der Waals surface area contributed by atoms with Crippen LogP contribution in [0.15, 0.2) is 0 Å². The first-order valence-electron chi connectivity index (χ1n) is 4.33. The van der Waals surface area contributed by atoms with E-state index in [4.69, 9.17) is 14.6 Å². The van der Waals surface area contributed by atoms with Crippen LogP contribution in [0, 0.1) is 0 Å². The fraction of sp³-hybridized carbons (Fsp3) is 1.00. The van der Waals surface area contributed by atoms with E-state index in [0.717, 1.165) is 0 Å². The van der Waals surface area contributed by atoms with Gasteiger partial charge in [-0.2, -0.15) is 0 Å². The first-order chi connectivity index (χ1) is 6.02. The lowest BCUT2D eigenvalue weighted by atomic mass is 10.1. The van der Waals surface area contributed by atoms with Gasteiger partial charge in [0.1, 0.15) is 18.3 Å². The van der Waals surface area contributed by atoms with Gasteiger partial charge in [0.05, 0.1) is 12.7 Å². The molecule has 0 aromatic heterocycles. The van der Waals surface area contributed by atoms with Crippen LogP contribution in [0.3, 0.4) is 0 Å². The van der Waals surface area contributed by atoms with Crippen LogP contribution < -0.4 is 0 Å². The molecule has 1 aliphatic rings. The smallest absolute Gasteiger partial charge is 0.186 e. The fourth-order valence-electron chi connectivity index (χ4n) is 1.17. The first kappa shape index (κ1) is 10.9. The highest BCUT2D eigenvalue weighted by atomic mass is 16.7. The van der Waals surface area contributed by atoms with Crippen LogP contribution in [0.5, 0.6) is 0 Å². The molecule has 4 atom stereocenters. The Kier molecular flexibility index (Phi) is 3.63. The van der Waals surface area contributed by atoms with E-state index in [1.165, 1.54) is 0 Å². The molecule has 1 rings (SSSR count). The highest BCUT2D eigenvalue weighted by molar-refractivity contribution is 4.82. The lowest BCUT2D eigenvalue weighted by molar-refractivity contribution is -0.278. The number of rotatable bonds is 2. The van der Waals surface area contributed by atoms with E-state index in [2.05, 4.69) is 0 Å². The fourth-order valence-corrected chi connectivity index (χ4v) is 1.17. The predicted molar refractivity (Wildman–Crippen MR) is 44.0 cm³/mol. The molecule has 0 aromatic carbocycles. The second-order valence-electron chi connectivity index (χ2n) is 3.44. The van der Waals surface area contributed by atoms with Gasteiger partial charge >= 0.3 is 0 Å². The minimum atomic E-state index is -1.20. The van der Waals surface area contributed by atoms with E-state index >= 15 is 0 Å². The van der Waals surface area contributed by atoms with Gasteiger partial charge in [-0.15, -0.1) is 0 Å². The Hall–Kier alpha value is -0.200. The third kappa shape index (κ3) is 2.62. The van der Waals surface area contributed by atoms with Crippen molar-refractivity contribution in [3.05, 3.63) is 0 Å². The summed E-state index contributed by atoms with van der Waals surface area (Å²) in [6.07, 6.45) is -4.37. The molecule has 0 radical (unpaired) electrons. The van der Waals surface area contributed by atoms with E-state index in [1.54, 1.807) is 13.8 Å². The molecule has 0 amide bonds. The van der Waals surface area contributed by atoms with Gasteiger partial charge in [-0.05, 0) is 13.8 Å². The highest BCUT2D eigenvalue weighted by Gasteiger charge is 2.38.